The molecule has 3 rings (SSSR count). The normalized spacial score (nSPS) is 15.9. The second-order valence-electron chi connectivity index (χ2n) is 6.68. The van der Waals surface area contributed by atoms with Gasteiger partial charge in [-0.3, -0.25) is 9.59 Å². The van der Waals surface area contributed by atoms with Gasteiger partial charge in [0.2, 0.25) is 0 Å². The van der Waals surface area contributed by atoms with Gasteiger partial charge in [-0.15, -0.1) is 0 Å². The van der Waals surface area contributed by atoms with Crippen LogP contribution >= 0.6 is 0 Å². The molecule has 2 aromatic carbocycles. The predicted molar refractivity (Wildman–Crippen MR) is 103 cm³/mol. The fourth-order valence-corrected chi connectivity index (χ4v) is 3.20. The lowest BCUT2D eigenvalue weighted by Gasteiger charge is -2.23. The van der Waals surface area contributed by atoms with Crippen molar-refractivity contribution < 1.29 is 23.9 Å². The first kappa shape index (κ1) is 19.6. The predicted octanol–water partition coefficient (Wildman–Crippen LogP) is 3.60. The number of Topliss-reactive ketones (excluding diaryl/α,β-unsaturated/α-hetero) is 1. The Labute approximate surface area is 164 Å². The quantitative estimate of drug-likeness (QED) is 0.541. The van der Waals surface area contributed by atoms with Crippen LogP contribution in [0.25, 0.3) is 0 Å². The molecule has 1 aliphatic heterocycles. The van der Waals surface area contributed by atoms with Gasteiger partial charge >= 0.3 is 12.1 Å². The molecule has 0 N–H and O–H groups in total. The standard InChI is InChI=1S/C22H23NO5/c24-20(18-10-5-2-6-11-18)16-27-21(25)14-19-12-7-13-23(19)22(26)28-15-17-8-3-1-4-9-17/h1-6,8-11,19H,7,12-16H2/t19-/m0/s1. The van der Waals surface area contributed by atoms with Crippen molar-refractivity contribution in [1.82, 2.24) is 4.90 Å². The van der Waals surface area contributed by atoms with E-state index in [1.165, 1.54) is 0 Å². The zero-order valence-electron chi connectivity index (χ0n) is 15.6. The van der Waals surface area contributed by atoms with Gasteiger partial charge in [0.25, 0.3) is 0 Å². The minimum atomic E-state index is -0.489. The van der Waals surface area contributed by atoms with Crippen LogP contribution in [0.3, 0.4) is 0 Å². The zero-order valence-corrected chi connectivity index (χ0v) is 15.6. The van der Waals surface area contributed by atoms with E-state index < -0.39 is 12.1 Å². The Kier molecular flexibility index (Phi) is 6.78. The van der Waals surface area contributed by atoms with Crippen molar-refractivity contribution in [2.75, 3.05) is 13.2 Å². The van der Waals surface area contributed by atoms with E-state index in [2.05, 4.69) is 0 Å². The molecule has 2 aromatic rings. The Balaban J connectivity index is 1.45. The van der Waals surface area contributed by atoms with Gasteiger partial charge in [-0.1, -0.05) is 60.7 Å². The highest BCUT2D eigenvalue weighted by atomic mass is 16.6. The summed E-state index contributed by atoms with van der Waals surface area (Å²) in [5, 5.41) is 0. The van der Waals surface area contributed by atoms with Crippen LogP contribution in [0, 0.1) is 0 Å². The number of benzene rings is 2. The molecular formula is C22H23NO5. The molecule has 1 atom stereocenters. The van der Waals surface area contributed by atoms with Crippen LogP contribution < -0.4 is 0 Å². The molecule has 1 amide bonds. The molecule has 1 saturated heterocycles. The number of hydrogen-bond acceptors (Lipinski definition) is 5. The second-order valence-corrected chi connectivity index (χ2v) is 6.68. The summed E-state index contributed by atoms with van der Waals surface area (Å²) in [6.07, 6.45) is 1.14. The van der Waals surface area contributed by atoms with Gasteiger partial charge < -0.3 is 14.4 Å². The maximum absolute atomic E-state index is 12.4. The topological polar surface area (TPSA) is 72.9 Å². The molecule has 0 bridgehead atoms. The van der Waals surface area contributed by atoms with Crippen molar-refractivity contribution >= 4 is 17.8 Å². The van der Waals surface area contributed by atoms with E-state index in [4.69, 9.17) is 9.47 Å². The first-order chi connectivity index (χ1) is 13.6. The number of hydrogen-bond donors (Lipinski definition) is 0. The first-order valence-corrected chi connectivity index (χ1v) is 9.34. The van der Waals surface area contributed by atoms with Crippen LogP contribution in [0.4, 0.5) is 4.79 Å². The molecule has 1 heterocycles. The molecule has 0 radical (unpaired) electrons. The monoisotopic (exact) mass is 381 g/mol. The zero-order chi connectivity index (χ0) is 19.8. The fraction of sp³-hybridized carbons (Fsp3) is 0.318. The summed E-state index contributed by atoms with van der Waals surface area (Å²) in [6, 6.07) is 17.9. The van der Waals surface area contributed by atoms with Crippen LogP contribution in [0.5, 0.6) is 0 Å². The lowest BCUT2D eigenvalue weighted by Crippen LogP contribution is -2.37. The lowest BCUT2D eigenvalue weighted by atomic mass is 10.1. The van der Waals surface area contributed by atoms with Crippen molar-refractivity contribution in [3.8, 4) is 0 Å². The number of nitrogens with zero attached hydrogens (tertiary/aromatic N) is 1. The van der Waals surface area contributed by atoms with Gasteiger partial charge in [0.1, 0.15) is 6.61 Å². The van der Waals surface area contributed by atoms with E-state index in [0.717, 1.165) is 12.0 Å². The number of carbonyl (C=O) groups is 3. The molecule has 6 nitrogen and oxygen atoms in total. The molecule has 0 aromatic heterocycles. The van der Waals surface area contributed by atoms with E-state index in [0.29, 0.717) is 18.5 Å². The van der Waals surface area contributed by atoms with Crippen LogP contribution in [0.2, 0.25) is 0 Å². The molecule has 0 spiro atoms. The Morgan fingerprint density at radius 3 is 2.32 bits per heavy atom. The van der Waals surface area contributed by atoms with Crippen molar-refractivity contribution in [2.45, 2.75) is 31.9 Å². The summed E-state index contributed by atoms with van der Waals surface area (Å²) in [4.78, 5) is 38.1. The Hall–Kier alpha value is -3.15. The van der Waals surface area contributed by atoms with Gasteiger partial charge in [0, 0.05) is 18.2 Å². The van der Waals surface area contributed by atoms with Gasteiger partial charge in [-0.05, 0) is 18.4 Å². The van der Waals surface area contributed by atoms with E-state index in [9.17, 15) is 14.4 Å². The van der Waals surface area contributed by atoms with Crippen molar-refractivity contribution in [2.24, 2.45) is 0 Å². The maximum atomic E-state index is 12.4. The summed E-state index contributed by atoms with van der Waals surface area (Å²) in [6.45, 7) is 0.446. The third kappa shape index (κ3) is 5.42. The lowest BCUT2D eigenvalue weighted by molar-refractivity contribution is -0.143. The molecule has 0 saturated carbocycles. The molecule has 28 heavy (non-hydrogen) atoms. The largest absolute Gasteiger partial charge is 0.457 e. The number of amides is 1. The smallest absolute Gasteiger partial charge is 0.410 e. The Morgan fingerprint density at radius 1 is 0.929 bits per heavy atom. The summed E-state index contributed by atoms with van der Waals surface area (Å²) in [5.74, 6) is -0.739. The third-order valence-corrected chi connectivity index (χ3v) is 4.68. The summed E-state index contributed by atoms with van der Waals surface area (Å²) < 4.78 is 10.5. The number of ether oxygens (including phenoxy) is 2. The number of esters is 1. The van der Waals surface area contributed by atoms with E-state index in [-0.39, 0.29) is 31.5 Å². The highest BCUT2D eigenvalue weighted by Gasteiger charge is 2.32. The van der Waals surface area contributed by atoms with Gasteiger partial charge in [-0.2, -0.15) is 0 Å². The average Bonchev–Trinajstić information content (AvgIpc) is 3.19. The van der Waals surface area contributed by atoms with Crippen LogP contribution in [0.1, 0.15) is 35.2 Å². The molecular weight excluding hydrogens is 358 g/mol. The van der Waals surface area contributed by atoms with Gasteiger partial charge in [0.05, 0.1) is 6.42 Å². The van der Waals surface area contributed by atoms with Crippen molar-refractivity contribution in [1.29, 1.82) is 0 Å². The molecule has 0 unspecified atom stereocenters. The van der Waals surface area contributed by atoms with Gasteiger partial charge in [-0.25, -0.2) is 4.79 Å². The Bertz CT molecular complexity index is 806. The fourth-order valence-electron chi connectivity index (χ4n) is 3.20. The van der Waals surface area contributed by atoms with Crippen LogP contribution in [0.15, 0.2) is 60.7 Å². The minimum absolute atomic E-state index is 0.0580. The highest BCUT2D eigenvalue weighted by molar-refractivity contribution is 5.97. The SMILES string of the molecule is O=C(C[C@@H]1CCCN1C(=O)OCc1ccccc1)OCC(=O)c1ccccc1. The second kappa shape index (κ2) is 9.69. The average molecular weight is 381 g/mol. The van der Waals surface area contributed by atoms with E-state index in [1.807, 2.05) is 36.4 Å². The molecule has 0 aliphatic carbocycles. The summed E-state index contributed by atoms with van der Waals surface area (Å²) in [5.41, 5.74) is 1.41. The molecule has 6 heteroatoms. The van der Waals surface area contributed by atoms with Crippen LogP contribution in [-0.4, -0.2) is 41.9 Å². The first-order valence-electron chi connectivity index (χ1n) is 9.34. The van der Waals surface area contributed by atoms with Crippen molar-refractivity contribution in [3.05, 3.63) is 71.8 Å². The number of likely N-dealkylation sites (tertiary alicyclic amines) is 1. The minimum Gasteiger partial charge on any atom is -0.457 e. The van der Waals surface area contributed by atoms with Gasteiger partial charge in [0.15, 0.2) is 12.4 Å². The van der Waals surface area contributed by atoms with E-state index >= 15 is 0 Å². The van der Waals surface area contributed by atoms with Crippen LogP contribution in [-0.2, 0) is 20.9 Å². The molecule has 1 aliphatic rings. The van der Waals surface area contributed by atoms with Crippen molar-refractivity contribution in [3.63, 3.8) is 0 Å². The Morgan fingerprint density at radius 2 is 1.61 bits per heavy atom. The molecule has 1 fully saturated rings. The summed E-state index contributed by atoms with van der Waals surface area (Å²) >= 11 is 0. The maximum Gasteiger partial charge on any atom is 0.410 e. The molecule has 146 valence electrons. The number of ketones is 1. The number of rotatable bonds is 7. The van der Waals surface area contributed by atoms with E-state index in [1.54, 1.807) is 29.2 Å². The third-order valence-electron chi connectivity index (χ3n) is 4.68. The highest BCUT2D eigenvalue weighted by Crippen LogP contribution is 2.22. The summed E-state index contributed by atoms with van der Waals surface area (Å²) in [7, 11) is 0. The number of carbonyl (C=O) groups excluding carboxylic acids is 3.